The van der Waals surface area contributed by atoms with E-state index >= 15 is 0 Å². The molecule has 4 N–H and O–H groups in total. The molecule has 1 aromatic carbocycles. The lowest BCUT2D eigenvalue weighted by molar-refractivity contribution is -0.119. The standard InChI is InChI=1S/C14H15ClF2N4O2/c1-14(16,17)6-21-10(5-11(22)20-13(18)19)9-4-7(15)2-3-8(9)12(21)23/h2-4,10H,5-6H2,1H3,(H4,18,19,20,22). The van der Waals surface area contributed by atoms with E-state index < -0.39 is 36.3 Å². The number of halogens is 3. The molecule has 2 rings (SSSR count). The number of hydrogen-bond acceptors (Lipinski definition) is 2. The van der Waals surface area contributed by atoms with Crippen LogP contribution in [0.1, 0.15) is 35.3 Å². The summed E-state index contributed by atoms with van der Waals surface area (Å²) in [5.74, 6) is -4.84. The quantitative estimate of drug-likeness (QED) is 0.640. The molecule has 23 heavy (non-hydrogen) atoms. The molecule has 1 aliphatic heterocycles. The lowest BCUT2D eigenvalue weighted by Gasteiger charge is -2.27. The summed E-state index contributed by atoms with van der Waals surface area (Å²) >= 11 is 5.91. The molecule has 2 amide bonds. The zero-order valence-electron chi connectivity index (χ0n) is 12.2. The highest BCUT2D eigenvalue weighted by atomic mass is 35.5. The number of carbonyl (C=O) groups is 2. The lowest BCUT2D eigenvalue weighted by Crippen LogP contribution is -2.38. The number of benzene rings is 1. The van der Waals surface area contributed by atoms with Gasteiger partial charge in [-0.3, -0.25) is 9.59 Å². The minimum absolute atomic E-state index is 0.237. The van der Waals surface area contributed by atoms with E-state index in [-0.39, 0.29) is 12.0 Å². The number of rotatable bonds is 4. The molecule has 0 radical (unpaired) electrons. The van der Waals surface area contributed by atoms with Gasteiger partial charge in [0.1, 0.15) is 0 Å². The van der Waals surface area contributed by atoms with Gasteiger partial charge in [0, 0.05) is 17.5 Å². The summed E-state index contributed by atoms with van der Waals surface area (Å²) in [5, 5.41) is 0.334. The Morgan fingerprint density at radius 2 is 2.09 bits per heavy atom. The highest BCUT2D eigenvalue weighted by Gasteiger charge is 2.41. The summed E-state index contributed by atoms with van der Waals surface area (Å²) in [7, 11) is 0. The van der Waals surface area contributed by atoms with Crippen molar-refractivity contribution in [2.75, 3.05) is 6.54 Å². The van der Waals surface area contributed by atoms with Crippen molar-refractivity contribution >= 4 is 29.4 Å². The molecule has 1 atom stereocenters. The molecule has 1 aromatic rings. The number of aliphatic imine (C=N–C) groups is 1. The summed E-state index contributed by atoms with van der Waals surface area (Å²) in [4.78, 5) is 28.5. The van der Waals surface area contributed by atoms with Gasteiger partial charge in [0.25, 0.3) is 17.7 Å². The van der Waals surface area contributed by atoms with Crippen molar-refractivity contribution in [1.82, 2.24) is 4.90 Å². The Morgan fingerprint density at radius 3 is 2.65 bits per heavy atom. The maximum absolute atomic E-state index is 13.4. The molecule has 0 saturated heterocycles. The third kappa shape index (κ3) is 3.95. The Bertz CT molecular complexity index is 684. The molecule has 1 heterocycles. The summed E-state index contributed by atoms with van der Waals surface area (Å²) in [6.45, 7) is -0.122. The molecule has 0 spiro atoms. The Kier molecular flexibility index (Phi) is 4.56. The van der Waals surface area contributed by atoms with Crippen LogP contribution in [0.15, 0.2) is 23.2 Å². The van der Waals surface area contributed by atoms with Crippen molar-refractivity contribution in [2.45, 2.75) is 25.3 Å². The van der Waals surface area contributed by atoms with E-state index in [4.69, 9.17) is 23.1 Å². The number of fused-ring (bicyclic) bond motifs is 1. The summed E-state index contributed by atoms with van der Waals surface area (Å²) < 4.78 is 26.8. The van der Waals surface area contributed by atoms with Gasteiger partial charge in [-0.1, -0.05) is 11.6 Å². The Hall–Kier alpha value is -2.22. The highest BCUT2D eigenvalue weighted by molar-refractivity contribution is 6.30. The Balaban J connectivity index is 2.40. The fourth-order valence-electron chi connectivity index (χ4n) is 2.52. The van der Waals surface area contributed by atoms with Gasteiger partial charge in [-0.05, 0) is 23.8 Å². The van der Waals surface area contributed by atoms with Crippen LogP contribution in [0.25, 0.3) is 0 Å². The first-order valence-electron chi connectivity index (χ1n) is 6.69. The maximum Gasteiger partial charge on any atom is 0.262 e. The molecule has 1 aliphatic rings. The van der Waals surface area contributed by atoms with Crippen LogP contribution in [-0.4, -0.2) is 35.1 Å². The van der Waals surface area contributed by atoms with E-state index in [0.717, 1.165) is 4.90 Å². The highest BCUT2D eigenvalue weighted by Crippen LogP contribution is 2.39. The first-order chi connectivity index (χ1) is 10.6. The molecule has 124 valence electrons. The number of nitrogens with two attached hydrogens (primary N) is 2. The van der Waals surface area contributed by atoms with E-state index in [1.54, 1.807) is 0 Å². The van der Waals surface area contributed by atoms with Crippen molar-refractivity contribution in [3.8, 4) is 0 Å². The zero-order valence-corrected chi connectivity index (χ0v) is 13.0. The Labute approximate surface area is 136 Å². The van der Waals surface area contributed by atoms with Crippen LogP contribution >= 0.6 is 11.6 Å². The van der Waals surface area contributed by atoms with Crippen LogP contribution in [-0.2, 0) is 4.79 Å². The van der Waals surface area contributed by atoms with Crippen molar-refractivity contribution in [1.29, 1.82) is 0 Å². The van der Waals surface area contributed by atoms with Gasteiger partial charge < -0.3 is 16.4 Å². The first kappa shape index (κ1) is 17.1. The van der Waals surface area contributed by atoms with E-state index in [1.165, 1.54) is 18.2 Å². The molecule has 0 saturated carbocycles. The van der Waals surface area contributed by atoms with Crippen LogP contribution in [0.2, 0.25) is 5.02 Å². The van der Waals surface area contributed by atoms with Crippen LogP contribution in [0.5, 0.6) is 0 Å². The largest absolute Gasteiger partial charge is 0.370 e. The summed E-state index contributed by atoms with van der Waals surface area (Å²) in [6.07, 6.45) is -0.312. The second-order valence-corrected chi connectivity index (χ2v) is 5.82. The molecule has 0 aliphatic carbocycles. The minimum Gasteiger partial charge on any atom is -0.370 e. The second-order valence-electron chi connectivity index (χ2n) is 5.39. The smallest absolute Gasteiger partial charge is 0.262 e. The van der Waals surface area contributed by atoms with Crippen molar-refractivity contribution < 1.29 is 18.4 Å². The number of alkyl halides is 2. The van der Waals surface area contributed by atoms with Crippen LogP contribution in [0.4, 0.5) is 8.78 Å². The van der Waals surface area contributed by atoms with Crippen LogP contribution in [0, 0.1) is 0 Å². The van der Waals surface area contributed by atoms with Gasteiger partial charge in [0.15, 0.2) is 5.96 Å². The number of guanidine groups is 1. The number of nitrogens with zero attached hydrogens (tertiary/aromatic N) is 2. The predicted octanol–water partition coefficient (Wildman–Crippen LogP) is 1.68. The van der Waals surface area contributed by atoms with Gasteiger partial charge in [0.2, 0.25) is 0 Å². The molecule has 1 unspecified atom stereocenters. The Morgan fingerprint density at radius 1 is 1.43 bits per heavy atom. The molecule has 0 fully saturated rings. The molecule has 9 heteroatoms. The molecular formula is C14H15ClF2N4O2. The molecule has 0 aromatic heterocycles. The third-order valence-corrected chi connectivity index (χ3v) is 3.54. The van der Waals surface area contributed by atoms with E-state index in [2.05, 4.69) is 4.99 Å². The van der Waals surface area contributed by atoms with Crippen LogP contribution in [0.3, 0.4) is 0 Å². The second kappa shape index (κ2) is 6.11. The van der Waals surface area contributed by atoms with Gasteiger partial charge in [0.05, 0.1) is 19.0 Å². The maximum atomic E-state index is 13.4. The SMILES string of the molecule is CC(F)(F)CN1C(=O)c2ccc(Cl)cc2C1CC(=O)N=C(N)N. The van der Waals surface area contributed by atoms with Gasteiger partial charge in [-0.2, -0.15) is 4.99 Å². The van der Waals surface area contributed by atoms with E-state index in [1.807, 2.05) is 0 Å². The fraction of sp³-hybridized carbons (Fsp3) is 0.357. The normalized spacial score (nSPS) is 17.1. The van der Waals surface area contributed by atoms with Crippen molar-refractivity contribution in [3.63, 3.8) is 0 Å². The predicted molar refractivity (Wildman–Crippen MR) is 81.3 cm³/mol. The number of amides is 2. The number of carbonyl (C=O) groups excluding carboxylic acids is 2. The molecule has 6 nitrogen and oxygen atoms in total. The lowest BCUT2D eigenvalue weighted by atomic mass is 10.0. The van der Waals surface area contributed by atoms with E-state index in [9.17, 15) is 18.4 Å². The summed E-state index contributed by atoms with van der Waals surface area (Å²) in [6, 6.07) is 3.53. The van der Waals surface area contributed by atoms with Gasteiger partial charge >= 0.3 is 0 Å². The van der Waals surface area contributed by atoms with Crippen molar-refractivity contribution in [3.05, 3.63) is 34.3 Å². The fourth-order valence-corrected chi connectivity index (χ4v) is 2.71. The van der Waals surface area contributed by atoms with Crippen LogP contribution < -0.4 is 11.5 Å². The molecular weight excluding hydrogens is 330 g/mol. The average Bonchev–Trinajstić information content (AvgIpc) is 2.61. The third-order valence-electron chi connectivity index (χ3n) is 3.31. The zero-order chi connectivity index (χ0) is 17.4. The topological polar surface area (TPSA) is 102 Å². The first-order valence-corrected chi connectivity index (χ1v) is 7.07. The monoisotopic (exact) mass is 344 g/mol. The minimum atomic E-state index is -3.11. The summed E-state index contributed by atoms with van der Waals surface area (Å²) in [5.41, 5.74) is 10.9. The number of hydrogen-bond donors (Lipinski definition) is 2. The van der Waals surface area contributed by atoms with Gasteiger partial charge in [-0.25, -0.2) is 8.78 Å². The van der Waals surface area contributed by atoms with Crippen molar-refractivity contribution in [2.24, 2.45) is 16.5 Å². The molecule has 0 bridgehead atoms. The van der Waals surface area contributed by atoms with Gasteiger partial charge in [-0.15, -0.1) is 0 Å². The van der Waals surface area contributed by atoms with E-state index in [0.29, 0.717) is 17.5 Å². The average molecular weight is 345 g/mol.